The number of nitrogens with two attached hydrogens (primary N) is 1. The average Bonchev–Trinajstić information content (AvgIpc) is 2.20. The third-order valence-corrected chi connectivity index (χ3v) is 1.64. The third-order valence-electron chi connectivity index (χ3n) is 1.64. The number of nitrogens with one attached hydrogen (secondary N) is 1. The van der Waals surface area contributed by atoms with Crippen molar-refractivity contribution in [3.05, 3.63) is 29.8 Å². The average molecular weight is 180 g/mol. The van der Waals surface area contributed by atoms with Gasteiger partial charge < -0.3 is 15.8 Å². The van der Waals surface area contributed by atoms with Crippen LogP contribution in [0.2, 0.25) is 0 Å². The summed E-state index contributed by atoms with van der Waals surface area (Å²) < 4.78 is 0. The maximum Gasteiger partial charge on any atom is 0.106 e. The summed E-state index contributed by atoms with van der Waals surface area (Å²) in [7, 11) is 1.96. The molecule has 3 N–H and O–H groups in total. The third kappa shape index (κ3) is 4.98. The van der Waals surface area contributed by atoms with Crippen molar-refractivity contribution < 1.29 is 4.79 Å². The van der Waals surface area contributed by atoms with Gasteiger partial charge in [0.2, 0.25) is 0 Å². The van der Waals surface area contributed by atoms with E-state index in [2.05, 4.69) is 17.4 Å². The van der Waals surface area contributed by atoms with Crippen molar-refractivity contribution >= 4 is 12.5 Å². The second kappa shape index (κ2) is 7.31. The van der Waals surface area contributed by atoms with E-state index in [0.717, 1.165) is 18.7 Å². The zero-order valence-electron chi connectivity index (χ0n) is 7.92. The van der Waals surface area contributed by atoms with E-state index < -0.39 is 0 Å². The van der Waals surface area contributed by atoms with Crippen molar-refractivity contribution in [2.24, 2.45) is 0 Å². The van der Waals surface area contributed by atoms with E-state index in [4.69, 9.17) is 10.5 Å². The van der Waals surface area contributed by atoms with Crippen molar-refractivity contribution in [2.45, 2.75) is 6.42 Å². The Hall–Kier alpha value is -1.35. The predicted molar refractivity (Wildman–Crippen MR) is 55.6 cm³/mol. The van der Waals surface area contributed by atoms with Gasteiger partial charge in [-0.3, -0.25) is 0 Å². The van der Waals surface area contributed by atoms with Gasteiger partial charge in [-0.2, -0.15) is 0 Å². The highest BCUT2D eigenvalue weighted by Crippen LogP contribution is 2.04. The van der Waals surface area contributed by atoms with Gasteiger partial charge in [0.25, 0.3) is 0 Å². The molecule has 0 heterocycles. The summed E-state index contributed by atoms with van der Waals surface area (Å²) in [6.45, 7) is 3.02. The quantitative estimate of drug-likeness (QED) is 0.678. The van der Waals surface area contributed by atoms with Crippen LogP contribution in [0.25, 0.3) is 0 Å². The maximum atomic E-state index is 8.00. The van der Waals surface area contributed by atoms with Crippen LogP contribution in [-0.2, 0) is 11.2 Å². The highest BCUT2D eigenvalue weighted by Gasteiger charge is 1.89. The van der Waals surface area contributed by atoms with Crippen LogP contribution in [-0.4, -0.2) is 20.4 Å². The van der Waals surface area contributed by atoms with Gasteiger partial charge in [-0.15, -0.1) is 0 Å². The molecule has 0 saturated carbocycles. The molecule has 0 bridgehead atoms. The molecule has 0 saturated heterocycles. The Morgan fingerprint density at radius 1 is 1.31 bits per heavy atom. The Morgan fingerprint density at radius 2 is 1.85 bits per heavy atom. The molecule has 0 amide bonds. The van der Waals surface area contributed by atoms with Gasteiger partial charge in [-0.05, 0) is 37.7 Å². The Labute approximate surface area is 78.9 Å². The molecule has 0 spiro atoms. The van der Waals surface area contributed by atoms with E-state index in [9.17, 15) is 0 Å². The fraction of sp³-hybridized carbons (Fsp3) is 0.300. The zero-order valence-corrected chi connectivity index (χ0v) is 7.92. The number of anilines is 1. The summed E-state index contributed by atoms with van der Waals surface area (Å²) in [6, 6.07) is 8.00. The molecular weight excluding hydrogens is 164 g/mol. The first kappa shape index (κ1) is 11.6. The predicted octanol–water partition coefficient (Wildman–Crippen LogP) is 0.846. The smallest absolute Gasteiger partial charge is 0.106 e. The van der Waals surface area contributed by atoms with Gasteiger partial charge >= 0.3 is 0 Å². The SMILES string of the molecule is C=O.CNCCc1ccc(N)cc1. The first-order valence-corrected chi connectivity index (χ1v) is 4.11. The fourth-order valence-corrected chi connectivity index (χ4v) is 0.954. The molecule has 0 atom stereocenters. The van der Waals surface area contributed by atoms with Crippen molar-refractivity contribution in [3.63, 3.8) is 0 Å². The minimum Gasteiger partial charge on any atom is -0.399 e. The van der Waals surface area contributed by atoms with Gasteiger partial charge in [0.15, 0.2) is 0 Å². The molecule has 1 aromatic rings. The maximum absolute atomic E-state index is 8.00. The number of rotatable bonds is 3. The van der Waals surface area contributed by atoms with Crippen molar-refractivity contribution in [1.82, 2.24) is 5.32 Å². The van der Waals surface area contributed by atoms with Crippen LogP contribution < -0.4 is 11.1 Å². The van der Waals surface area contributed by atoms with E-state index >= 15 is 0 Å². The summed E-state index contributed by atoms with van der Waals surface area (Å²) in [4.78, 5) is 8.00. The molecule has 0 aliphatic heterocycles. The Kier molecular flexibility index (Phi) is 6.55. The normalized spacial score (nSPS) is 8.69. The van der Waals surface area contributed by atoms with Gasteiger partial charge in [0, 0.05) is 5.69 Å². The molecule has 1 rings (SSSR count). The second-order valence-corrected chi connectivity index (χ2v) is 2.60. The minimum absolute atomic E-state index is 0.832. The van der Waals surface area contributed by atoms with Gasteiger partial charge in [-0.1, -0.05) is 12.1 Å². The standard InChI is InChI=1S/C9H14N2.CH2O/c1-11-7-6-8-2-4-9(10)5-3-8;1-2/h2-5,11H,6-7,10H2,1H3;1H2. The van der Waals surface area contributed by atoms with E-state index in [1.807, 2.05) is 26.0 Å². The lowest BCUT2D eigenvalue weighted by molar-refractivity contribution is -0.0979. The Bertz CT molecular complexity index is 221. The number of carbonyl (C=O) groups is 1. The van der Waals surface area contributed by atoms with Gasteiger partial charge in [0.05, 0.1) is 0 Å². The molecule has 72 valence electrons. The zero-order chi connectivity index (χ0) is 10.1. The summed E-state index contributed by atoms with van der Waals surface area (Å²) >= 11 is 0. The van der Waals surface area contributed by atoms with E-state index in [-0.39, 0.29) is 0 Å². The number of hydrogen-bond acceptors (Lipinski definition) is 3. The van der Waals surface area contributed by atoms with E-state index in [1.165, 1.54) is 5.56 Å². The number of likely N-dealkylation sites (N-methyl/N-ethyl adjacent to an activating group) is 1. The molecule has 13 heavy (non-hydrogen) atoms. The highest BCUT2D eigenvalue weighted by molar-refractivity contribution is 5.39. The lowest BCUT2D eigenvalue weighted by Gasteiger charge is -2.00. The second-order valence-electron chi connectivity index (χ2n) is 2.60. The summed E-state index contributed by atoms with van der Waals surface area (Å²) in [5, 5.41) is 3.10. The number of nitrogen functional groups attached to an aromatic ring is 1. The van der Waals surface area contributed by atoms with E-state index in [1.54, 1.807) is 0 Å². The first-order valence-electron chi connectivity index (χ1n) is 4.11. The van der Waals surface area contributed by atoms with Crippen LogP contribution in [0, 0.1) is 0 Å². The van der Waals surface area contributed by atoms with Crippen LogP contribution in [0.4, 0.5) is 5.69 Å². The van der Waals surface area contributed by atoms with Crippen LogP contribution in [0.1, 0.15) is 5.56 Å². The Balaban J connectivity index is 0.000000671. The number of hydrogen-bond donors (Lipinski definition) is 2. The van der Waals surface area contributed by atoms with E-state index in [0.29, 0.717) is 0 Å². The molecule has 0 radical (unpaired) electrons. The summed E-state index contributed by atoms with van der Waals surface area (Å²) in [5.41, 5.74) is 7.70. The molecule has 0 aliphatic carbocycles. The minimum atomic E-state index is 0.832. The lowest BCUT2D eigenvalue weighted by Crippen LogP contribution is -2.10. The fourth-order valence-electron chi connectivity index (χ4n) is 0.954. The van der Waals surface area contributed by atoms with Crippen molar-refractivity contribution in [2.75, 3.05) is 19.3 Å². The van der Waals surface area contributed by atoms with Crippen LogP contribution in [0.5, 0.6) is 0 Å². The summed E-state index contributed by atoms with van der Waals surface area (Å²) in [6.07, 6.45) is 1.07. The van der Waals surface area contributed by atoms with Gasteiger partial charge in [-0.25, -0.2) is 0 Å². The largest absolute Gasteiger partial charge is 0.399 e. The Morgan fingerprint density at radius 3 is 2.31 bits per heavy atom. The highest BCUT2D eigenvalue weighted by atomic mass is 16.1. The molecule has 3 heteroatoms. The molecule has 0 aliphatic rings. The summed E-state index contributed by atoms with van der Waals surface area (Å²) in [5.74, 6) is 0. The first-order chi connectivity index (χ1) is 6.33. The number of benzene rings is 1. The molecule has 0 fully saturated rings. The molecule has 0 aromatic heterocycles. The monoisotopic (exact) mass is 180 g/mol. The molecular formula is C10H16N2O. The number of carbonyl (C=O) groups excluding carboxylic acids is 1. The van der Waals surface area contributed by atoms with Crippen molar-refractivity contribution in [1.29, 1.82) is 0 Å². The van der Waals surface area contributed by atoms with Crippen LogP contribution in [0.3, 0.4) is 0 Å². The van der Waals surface area contributed by atoms with Crippen molar-refractivity contribution in [3.8, 4) is 0 Å². The molecule has 3 nitrogen and oxygen atoms in total. The molecule has 0 unspecified atom stereocenters. The lowest BCUT2D eigenvalue weighted by atomic mass is 10.1. The topological polar surface area (TPSA) is 55.1 Å². The van der Waals surface area contributed by atoms with Crippen LogP contribution >= 0.6 is 0 Å². The van der Waals surface area contributed by atoms with Crippen LogP contribution in [0.15, 0.2) is 24.3 Å². The van der Waals surface area contributed by atoms with Gasteiger partial charge in [0.1, 0.15) is 6.79 Å². The molecule has 1 aromatic carbocycles.